The summed E-state index contributed by atoms with van der Waals surface area (Å²) in [4.78, 5) is 0. The molecule has 0 spiro atoms. The van der Waals surface area contributed by atoms with Crippen LogP contribution in [0.1, 0.15) is 18.1 Å². The van der Waals surface area contributed by atoms with Gasteiger partial charge in [-0.25, -0.2) is 5.43 Å². The summed E-state index contributed by atoms with van der Waals surface area (Å²) in [5.74, 6) is 0. The highest BCUT2D eigenvalue weighted by Crippen LogP contribution is 2.23. The van der Waals surface area contributed by atoms with E-state index in [-0.39, 0.29) is 0 Å². The van der Waals surface area contributed by atoms with E-state index in [4.69, 9.17) is 0 Å². The predicted octanol–water partition coefficient (Wildman–Crippen LogP) is 2.46. The molecule has 0 aliphatic rings. The molecule has 0 amide bonds. The smallest absolute Gasteiger partial charge is 0.0554 e. The van der Waals surface area contributed by atoms with Gasteiger partial charge in [0.15, 0.2) is 0 Å². The van der Waals surface area contributed by atoms with Gasteiger partial charge in [-0.15, -0.1) is 0 Å². The molecule has 0 aromatic heterocycles. The minimum Gasteiger partial charge on any atom is -0.311 e. The SMILES string of the molecule is C=Cc1cccc(N(C)NC)c1CC. The van der Waals surface area contributed by atoms with E-state index in [9.17, 15) is 0 Å². The quantitative estimate of drug-likeness (QED) is 0.734. The molecule has 1 aromatic rings. The van der Waals surface area contributed by atoms with Crippen molar-refractivity contribution in [3.05, 3.63) is 35.9 Å². The van der Waals surface area contributed by atoms with Crippen molar-refractivity contribution in [2.24, 2.45) is 0 Å². The fraction of sp³-hybridized carbons (Fsp3) is 0.333. The summed E-state index contributed by atoms with van der Waals surface area (Å²) in [6, 6.07) is 6.26. The molecule has 2 nitrogen and oxygen atoms in total. The molecule has 14 heavy (non-hydrogen) atoms. The van der Waals surface area contributed by atoms with Crippen molar-refractivity contribution in [3.63, 3.8) is 0 Å². The zero-order valence-electron chi connectivity index (χ0n) is 9.17. The molecule has 0 bridgehead atoms. The standard InChI is InChI=1S/C12H18N2/c1-5-10-8-7-9-12(11(10)6-2)14(4)13-3/h5,7-9,13H,1,6H2,2-4H3. The Morgan fingerprint density at radius 1 is 1.50 bits per heavy atom. The molecular formula is C12H18N2. The number of rotatable bonds is 4. The number of hydrazine groups is 1. The highest BCUT2D eigenvalue weighted by atomic mass is 15.5. The summed E-state index contributed by atoms with van der Waals surface area (Å²) in [6.07, 6.45) is 2.93. The van der Waals surface area contributed by atoms with Crippen LogP contribution in [0.15, 0.2) is 24.8 Å². The van der Waals surface area contributed by atoms with Gasteiger partial charge in [-0.2, -0.15) is 0 Å². The largest absolute Gasteiger partial charge is 0.311 e. The maximum atomic E-state index is 3.83. The number of nitrogens with zero attached hydrogens (tertiary/aromatic N) is 1. The number of nitrogens with one attached hydrogen (secondary N) is 1. The van der Waals surface area contributed by atoms with Crippen LogP contribution < -0.4 is 10.4 Å². The third-order valence-electron chi connectivity index (χ3n) is 2.46. The fourth-order valence-corrected chi connectivity index (χ4v) is 1.60. The second kappa shape index (κ2) is 4.82. The van der Waals surface area contributed by atoms with Crippen molar-refractivity contribution in [1.29, 1.82) is 0 Å². The predicted molar refractivity (Wildman–Crippen MR) is 63.4 cm³/mol. The van der Waals surface area contributed by atoms with Crippen LogP contribution in [-0.2, 0) is 6.42 Å². The third kappa shape index (κ3) is 1.96. The summed E-state index contributed by atoms with van der Waals surface area (Å²) in [6.45, 7) is 5.99. The van der Waals surface area contributed by atoms with Crippen LogP contribution in [0.2, 0.25) is 0 Å². The number of benzene rings is 1. The third-order valence-corrected chi connectivity index (χ3v) is 2.46. The monoisotopic (exact) mass is 190 g/mol. The molecule has 0 aliphatic carbocycles. The Morgan fingerprint density at radius 2 is 2.21 bits per heavy atom. The number of anilines is 1. The van der Waals surface area contributed by atoms with Crippen LogP contribution >= 0.6 is 0 Å². The summed E-state index contributed by atoms with van der Waals surface area (Å²) in [5, 5.41) is 2.02. The first-order valence-electron chi connectivity index (χ1n) is 4.90. The zero-order valence-corrected chi connectivity index (χ0v) is 9.17. The molecule has 0 heterocycles. The molecule has 2 heteroatoms. The lowest BCUT2D eigenvalue weighted by atomic mass is 10.0. The topological polar surface area (TPSA) is 15.3 Å². The Labute approximate surface area is 86.2 Å². The van der Waals surface area contributed by atoms with Gasteiger partial charge in [-0.1, -0.05) is 31.7 Å². The zero-order chi connectivity index (χ0) is 10.6. The average Bonchev–Trinajstić information content (AvgIpc) is 2.26. The summed E-state index contributed by atoms with van der Waals surface area (Å²) < 4.78 is 0. The Hall–Kier alpha value is -1.28. The van der Waals surface area contributed by atoms with Gasteiger partial charge < -0.3 is 5.01 Å². The molecule has 0 radical (unpaired) electrons. The van der Waals surface area contributed by atoms with E-state index < -0.39 is 0 Å². The van der Waals surface area contributed by atoms with Crippen molar-refractivity contribution < 1.29 is 0 Å². The van der Waals surface area contributed by atoms with Gasteiger partial charge in [0.05, 0.1) is 5.69 Å². The fourth-order valence-electron chi connectivity index (χ4n) is 1.60. The van der Waals surface area contributed by atoms with Crippen molar-refractivity contribution in [2.75, 3.05) is 19.1 Å². The Morgan fingerprint density at radius 3 is 2.71 bits per heavy atom. The molecule has 0 atom stereocenters. The van der Waals surface area contributed by atoms with E-state index in [1.807, 2.05) is 25.2 Å². The van der Waals surface area contributed by atoms with Gasteiger partial charge in [0.1, 0.15) is 0 Å². The highest BCUT2D eigenvalue weighted by Gasteiger charge is 2.06. The molecular weight excluding hydrogens is 172 g/mol. The molecule has 1 rings (SSSR count). The molecule has 1 aromatic carbocycles. The van der Waals surface area contributed by atoms with Crippen molar-refractivity contribution in [2.45, 2.75) is 13.3 Å². The minimum atomic E-state index is 1.02. The van der Waals surface area contributed by atoms with Crippen molar-refractivity contribution in [1.82, 2.24) is 5.43 Å². The number of hydrogen-bond acceptors (Lipinski definition) is 2. The molecule has 0 fully saturated rings. The van der Waals surface area contributed by atoms with Gasteiger partial charge in [0.2, 0.25) is 0 Å². The van der Waals surface area contributed by atoms with Crippen molar-refractivity contribution in [3.8, 4) is 0 Å². The van der Waals surface area contributed by atoms with Gasteiger partial charge in [0.25, 0.3) is 0 Å². The Balaban J connectivity index is 3.21. The Bertz CT molecular complexity index is 318. The minimum absolute atomic E-state index is 1.02. The summed E-state index contributed by atoms with van der Waals surface area (Å²) in [5.41, 5.74) is 6.87. The molecule has 0 aliphatic heterocycles. The second-order valence-corrected chi connectivity index (χ2v) is 3.19. The van der Waals surface area contributed by atoms with Crippen LogP contribution in [0.5, 0.6) is 0 Å². The van der Waals surface area contributed by atoms with Crippen molar-refractivity contribution >= 4 is 11.8 Å². The van der Waals surface area contributed by atoms with Crippen LogP contribution in [0, 0.1) is 0 Å². The van der Waals surface area contributed by atoms with E-state index in [1.165, 1.54) is 16.8 Å². The molecule has 76 valence electrons. The summed E-state index contributed by atoms with van der Waals surface area (Å²) >= 11 is 0. The number of hydrogen-bond donors (Lipinski definition) is 1. The first kappa shape index (κ1) is 10.8. The second-order valence-electron chi connectivity index (χ2n) is 3.19. The lowest BCUT2D eigenvalue weighted by Crippen LogP contribution is -2.31. The first-order valence-corrected chi connectivity index (χ1v) is 4.90. The highest BCUT2D eigenvalue weighted by molar-refractivity contribution is 5.64. The van der Waals surface area contributed by atoms with E-state index in [1.54, 1.807) is 0 Å². The van der Waals surface area contributed by atoms with Gasteiger partial charge in [-0.05, 0) is 23.6 Å². The van der Waals surface area contributed by atoms with E-state index in [2.05, 4.69) is 37.1 Å². The average molecular weight is 190 g/mol. The molecule has 0 saturated carbocycles. The van der Waals surface area contributed by atoms with Crippen LogP contribution in [0.4, 0.5) is 5.69 Å². The molecule has 0 saturated heterocycles. The Kier molecular flexibility index (Phi) is 3.72. The van der Waals surface area contributed by atoms with Crippen LogP contribution in [-0.4, -0.2) is 14.1 Å². The maximum absolute atomic E-state index is 3.83. The van der Waals surface area contributed by atoms with E-state index in [0.29, 0.717) is 0 Å². The molecule has 1 N–H and O–H groups in total. The maximum Gasteiger partial charge on any atom is 0.0554 e. The van der Waals surface area contributed by atoms with Gasteiger partial charge >= 0.3 is 0 Å². The van der Waals surface area contributed by atoms with Crippen LogP contribution in [0.3, 0.4) is 0 Å². The van der Waals surface area contributed by atoms with Gasteiger partial charge in [-0.3, -0.25) is 0 Å². The lowest BCUT2D eigenvalue weighted by molar-refractivity contribution is 0.784. The summed E-state index contributed by atoms with van der Waals surface area (Å²) in [7, 11) is 3.93. The van der Waals surface area contributed by atoms with E-state index in [0.717, 1.165) is 6.42 Å². The first-order chi connectivity index (χ1) is 6.74. The molecule has 0 unspecified atom stereocenters. The lowest BCUT2D eigenvalue weighted by Gasteiger charge is -2.22. The van der Waals surface area contributed by atoms with E-state index >= 15 is 0 Å². The van der Waals surface area contributed by atoms with Gasteiger partial charge in [0, 0.05) is 14.1 Å². The normalized spacial score (nSPS) is 9.93. The van der Waals surface area contributed by atoms with Crippen LogP contribution in [0.25, 0.3) is 6.08 Å².